The van der Waals surface area contributed by atoms with Gasteiger partial charge in [0.2, 0.25) is 5.95 Å². The van der Waals surface area contributed by atoms with E-state index in [1.807, 2.05) is 0 Å². The van der Waals surface area contributed by atoms with E-state index in [4.69, 9.17) is 9.84 Å². The molecule has 0 fully saturated rings. The van der Waals surface area contributed by atoms with Gasteiger partial charge in [0.25, 0.3) is 5.95 Å². The number of aliphatic hydroxyl groups is 1. The average Bonchev–Trinajstić information content (AvgIpc) is 2.14. The Morgan fingerprint density at radius 3 is 2.67 bits per heavy atom. The van der Waals surface area contributed by atoms with Gasteiger partial charge in [0.1, 0.15) is 0 Å². The molecule has 1 N–H and O–H groups in total. The molecule has 1 aromatic rings. The standard InChI is InChI=1S/C9H10F3NO2/c1-2-15-7(14)4-5-3-6(10)9(12)13-8(5)11/h3,7,14H,2,4H2,1H3. The lowest BCUT2D eigenvalue weighted by atomic mass is 10.2. The van der Waals surface area contributed by atoms with Gasteiger partial charge in [0, 0.05) is 18.6 Å². The van der Waals surface area contributed by atoms with Crippen LogP contribution in [0.1, 0.15) is 12.5 Å². The van der Waals surface area contributed by atoms with E-state index in [0.717, 1.165) is 0 Å². The highest BCUT2D eigenvalue weighted by Gasteiger charge is 2.14. The molecule has 0 aliphatic heterocycles. The van der Waals surface area contributed by atoms with Crippen molar-refractivity contribution in [2.24, 2.45) is 0 Å². The van der Waals surface area contributed by atoms with Crippen LogP contribution in [0.25, 0.3) is 0 Å². The number of hydrogen-bond donors (Lipinski definition) is 1. The summed E-state index contributed by atoms with van der Waals surface area (Å²) in [6.45, 7) is 1.88. The molecule has 0 saturated heterocycles. The maximum absolute atomic E-state index is 12.9. The Morgan fingerprint density at radius 2 is 2.07 bits per heavy atom. The molecular weight excluding hydrogens is 211 g/mol. The average molecular weight is 221 g/mol. The fraction of sp³-hybridized carbons (Fsp3) is 0.444. The Labute approximate surface area is 84.5 Å². The Balaban J connectivity index is 2.81. The van der Waals surface area contributed by atoms with Gasteiger partial charge in [-0.15, -0.1) is 0 Å². The summed E-state index contributed by atoms with van der Waals surface area (Å²) in [5, 5.41) is 9.15. The van der Waals surface area contributed by atoms with E-state index in [9.17, 15) is 13.2 Å². The lowest BCUT2D eigenvalue weighted by Gasteiger charge is -2.10. The van der Waals surface area contributed by atoms with Crippen LogP contribution in [0.4, 0.5) is 13.2 Å². The van der Waals surface area contributed by atoms with E-state index in [0.29, 0.717) is 6.07 Å². The second-order valence-corrected chi connectivity index (χ2v) is 2.83. The molecule has 15 heavy (non-hydrogen) atoms. The van der Waals surface area contributed by atoms with Gasteiger partial charge in [-0.2, -0.15) is 13.8 Å². The van der Waals surface area contributed by atoms with Crippen molar-refractivity contribution in [3.8, 4) is 0 Å². The van der Waals surface area contributed by atoms with Crippen LogP contribution in [0.5, 0.6) is 0 Å². The van der Waals surface area contributed by atoms with Crippen molar-refractivity contribution in [1.29, 1.82) is 0 Å². The van der Waals surface area contributed by atoms with Gasteiger partial charge < -0.3 is 9.84 Å². The first-order valence-electron chi connectivity index (χ1n) is 4.34. The van der Waals surface area contributed by atoms with Gasteiger partial charge in [0.05, 0.1) is 0 Å². The second-order valence-electron chi connectivity index (χ2n) is 2.83. The lowest BCUT2D eigenvalue weighted by Crippen LogP contribution is -2.16. The highest BCUT2D eigenvalue weighted by atomic mass is 19.2. The third-order valence-corrected chi connectivity index (χ3v) is 1.71. The van der Waals surface area contributed by atoms with Gasteiger partial charge in [-0.1, -0.05) is 0 Å². The number of nitrogens with zero attached hydrogens (tertiary/aromatic N) is 1. The predicted molar refractivity (Wildman–Crippen MR) is 45.4 cm³/mol. The maximum atomic E-state index is 12.9. The predicted octanol–water partition coefficient (Wildman–Crippen LogP) is 1.40. The monoisotopic (exact) mass is 221 g/mol. The first kappa shape index (κ1) is 11.9. The van der Waals surface area contributed by atoms with Crippen LogP contribution in [0.2, 0.25) is 0 Å². The largest absolute Gasteiger partial charge is 0.368 e. The van der Waals surface area contributed by atoms with E-state index in [1.165, 1.54) is 0 Å². The van der Waals surface area contributed by atoms with Gasteiger partial charge in [-0.3, -0.25) is 0 Å². The van der Waals surface area contributed by atoms with Crippen LogP contribution in [0.3, 0.4) is 0 Å². The first-order chi connectivity index (χ1) is 7.04. The van der Waals surface area contributed by atoms with Gasteiger partial charge in [-0.05, 0) is 13.0 Å². The summed E-state index contributed by atoms with van der Waals surface area (Å²) in [7, 11) is 0. The molecule has 1 unspecified atom stereocenters. The first-order valence-corrected chi connectivity index (χ1v) is 4.34. The minimum atomic E-state index is -1.50. The molecule has 6 heteroatoms. The second kappa shape index (κ2) is 5.09. The molecular formula is C9H10F3NO2. The van der Waals surface area contributed by atoms with Crippen LogP contribution in [0.15, 0.2) is 6.07 Å². The van der Waals surface area contributed by atoms with Crippen molar-refractivity contribution in [2.75, 3.05) is 6.61 Å². The van der Waals surface area contributed by atoms with Crippen LogP contribution in [-0.4, -0.2) is 23.0 Å². The van der Waals surface area contributed by atoms with E-state index in [1.54, 1.807) is 6.92 Å². The quantitative estimate of drug-likeness (QED) is 0.617. The van der Waals surface area contributed by atoms with Crippen LogP contribution < -0.4 is 0 Å². The topological polar surface area (TPSA) is 42.4 Å². The highest BCUT2D eigenvalue weighted by Crippen LogP contribution is 2.12. The van der Waals surface area contributed by atoms with Crippen molar-refractivity contribution in [1.82, 2.24) is 4.98 Å². The van der Waals surface area contributed by atoms with Gasteiger partial charge in [0.15, 0.2) is 12.1 Å². The molecule has 0 aliphatic carbocycles. The summed E-state index contributed by atoms with van der Waals surface area (Å²) >= 11 is 0. The molecule has 0 saturated carbocycles. The number of aliphatic hydroxyl groups excluding tert-OH is 1. The summed E-state index contributed by atoms with van der Waals surface area (Å²) in [6, 6.07) is 0.653. The maximum Gasteiger partial charge on any atom is 0.251 e. The van der Waals surface area contributed by atoms with Crippen molar-refractivity contribution < 1.29 is 23.0 Å². The smallest absolute Gasteiger partial charge is 0.251 e. The molecule has 0 spiro atoms. The molecule has 1 heterocycles. The molecule has 0 aromatic carbocycles. The highest BCUT2D eigenvalue weighted by molar-refractivity contribution is 5.13. The molecule has 0 amide bonds. The fourth-order valence-corrected chi connectivity index (χ4v) is 1.07. The van der Waals surface area contributed by atoms with Crippen LogP contribution in [0, 0.1) is 17.7 Å². The zero-order valence-electron chi connectivity index (χ0n) is 8.01. The summed E-state index contributed by atoms with van der Waals surface area (Å²) in [5.74, 6) is -3.90. The number of hydrogen-bond acceptors (Lipinski definition) is 3. The van der Waals surface area contributed by atoms with E-state index < -0.39 is 24.0 Å². The van der Waals surface area contributed by atoms with Crippen molar-refractivity contribution >= 4 is 0 Å². The molecule has 1 atom stereocenters. The molecule has 0 aliphatic rings. The zero-order chi connectivity index (χ0) is 11.4. The number of aromatic nitrogens is 1. The Bertz CT molecular complexity index is 346. The fourth-order valence-electron chi connectivity index (χ4n) is 1.07. The van der Waals surface area contributed by atoms with Crippen molar-refractivity contribution in [3.05, 3.63) is 29.3 Å². The molecule has 0 bridgehead atoms. The minimum Gasteiger partial charge on any atom is -0.368 e. The number of ether oxygens (including phenoxy) is 1. The van der Waals surface area contributed by atoms with Crippen molar-refractivity contribution in [2.45, 2.75) is 19.6 Å². The number of pyridine rings is 1. The van der Waals surface area contributed by atoms with E-state index >= 15 is 0 Å². The van der Waals surface area contributed by atoms with Crippen LogP contribution in [-0.2, 0) is 11.2 Å². The number of rotatable bonds is 4. The van der Waals surface area contributed by atoms with Gasteiger partial charge >= 0.3 is 0 Å². The third-order valence-electron chi connectivity index (χ3n) is 1.71. The summed E-state index contributed by atoms with van der Waals surface area (Å²) in [4.78, 5) is 2.71. The SMILES string of the molecule is CCOC(O)Cc1cc(F)c(F)nc1F. The van der Waals surface area contributed by atoms with Crippen molar-refractivity contribution in [3.63, 3.8) is 0 Å². The minimum absolute atomic E-state index is 0.227. The normalized spacial score (nSPS) is 12.9. The van der Waals surface area contributed by atoms with Gasteiger partial charge in [-0.25, -0.2) is 4.39 Å². The summed E-state index contributed by atoms with van der Waals surface area (Å²) < 4.78 is 42.8. The third kappa shape index (κ3) is 3.17. The Hall–Kier alpha value is -1.14. The number of halogens is 3. The molecule has 1 rings (SSSR count). The lowest BCUT2D eigenvalue weighted by molar-refractivity contribution is -0.0932. The molecule has 0 radical (unpaired) electrons. The molecule has 1 aromatic heterocycles. The molecule has 3 nitrogen and oxygen atoms in total. The summed E-state index contributed by atoms with van der Waals surface area (Å²) in [5.41, 5.74) is -0.227. The van der Waals surface area contributed by atoms with E-state index in [-0.39, 0.29) is 18.6 Å². The van der Waals surface area contributed by atoms with Crippen LogP contribution >= 0.6 is 0 Å². The zero-order valence-corrected chi connectivity index (χ0v) is 8.01. The molecule has 84 valence electrons. The van der Waals surface area contributed by atoms with E-state index in [2.05, 4.69) is 4.98 Å². The Morgan fingerprint density at radius 1 is 1.40 bits per heavy atom. The Kier molecular flexibility index (Phi) is 4.05. The summed E-state index contributed by atoms with van der Waals surface area (Å²) in [6.07, 6.45) is -1.53.